The van der Waals surface area contributed by atoms with Gasteiger partial charge >= 0.3 is 0 Å². The van der Waals surface area contributed by atoms with Gasteiger partial charge in [0, 0.05) is 32.0 Å². The topological polar surface area (TPSA) is 53.8 Å². The number of likely N-dealkylation sites (tertiary alicyclic amines) is 1. The molecule has 0 spiro atoms. The van der Waals surface area contributed by atoms with Gasteiger partial charge in [0.05, 0.1) is 6.54 Å². The van der Waals surface area contributed by atoms with Gasteiger partial charge in [0.2, 0.25) is 11.8 Å². The maximum atomic E-state index is 12.5. The van der Waals surface area contributed by atoms with E-state index in [9.17, 15) is 9.59 Å². The number of hydrogen-bond acceptors (Lipinski definition) is 3. The fourth-order valence-corrected chi connectivity index (χ4v) is 3.13. The number of aryl methyl sites for hydroxylation is 1. The van der Waals surface area contributed by atoms with Crippen molar-refractivity contribution in [2.24, 2.45) is 11.8 Å². The molecule has 3 rings (SSSR count). The number of rotatable bonds is 4. The lowest BCUT2D eigenvalue weighted by molar-refractivity contribution is -0.140. The van der Waals surface area contributed by atoms with Crippen LogP contribution in [-0.4, -0.2) is 41.8 Å². The molecule has 1 aliphatic heterocycles. The third-order valence-electron chi connectivity index (χ3n) is 4.65. The van der Waals surface area contributed by atoms with E-state index in [2.05, 4.69) is 0 Å². The summed E-state index contributed by atoms with van der Waals surface area (Å²) in [5.41, 5.74) is 0. The van der Waals surface area contributed by atoms with E-state index in [0.29, 0.717) is 12.5 Å². The second-order valence-electron chi connectivity index (χ2n) is 6.58. The lowest BCUT2D eigenvalue weighted by atomic mass is 9.95. The molecule has 5 nitrogen and oxygen atoms in total. The van der Waals surface area contributed by atoms with Crippen molar-refractivity contribution < 1.29 is 14.0 Å². The second kappa shape index (κ2) is 6.15. The Balaban J connectivity index is 1.49. The molecule has 0 N–H and O–H groups in total. The molecule has 2 fully saturated rings. The number of furan rings is 1. The lowest BCUT2D eigenvalue weighted by Gasteiger charge is -2.33. The Labute approximate surface area is 131 Å². The zero-order valence-electron chi connectivity index (χ0n) is 13.4. The Morgan fingerprint density at radius 1 is 1.18 bits per heavy atom. The van der Waals surface area contributed by atoms with Crippen LogP contribution in [0.1, 0.15) is 37.2 Å². The van der Waals surface area contributed by atoms with Crippen LogP contribution in [0.2, 0.25) is 0 Å². The van der Waals surface area contributed by atoms with Crippen LogP contribution in [0.5, 0.6) is 0 Å². The van der Waals surface area contributed by atoms with Gasteiger partial charge in [0.1, 0.15) is 11.5 Å². The molecule has 1 aromatic rings. The number of amides is 2. The minimum Gasteiger partial charge on any atom is -0.464 e. The van der Waals surface area contributed by atoms with Gasteiger partial charge in [0.15, 0.2) is 0 Å². The molecule has 0 radical (unpaired) electrons. The predicted molar refractivity (Wildman–Crippen MR) is 81.9 cm³/mol. The Morgan fingerprint density at radius 3 is 2.41 bits per heavy atom. The molecule has 5 heteroatoms. The second-order valence-corrected chi connectivity index (χ2v) is 6.58. The van der Waals surface area contributed by atoms with Crippen molar-refractivity contribution in [3.63, 3.8) is 0 Å². The SMILES string of the molecule is Cc1ccc(CN(C)C(=O)C2CCN(C(=O)C3CC3)CC2)o1. The predicted octanol–water partition coefficient (Wildman–Crippen LogP) is 2.20. The van der Waals surface area contributed by atoms with Crippen LogP contribution in [0.3, 0.4) is 0 Å². The largest absolute Gasteiger partial charge is 0.464 e. The normalized spacial score (nSPS) is 19.3. The maximum Gasteiger partial charge on any atom is 0.225 e. The highest BCUT2D eigenvalue weighted by Crippen LogP contribution is 2.32. The summed E-state index contributed by atoms with van der Waals surface area (Å²) >= 11 is 0. The molecular weight excluding hydrogens is 280 g/mol. The molecule has 2 aliphatic rings. The van der Waals surface area contributed by atoms with Gasteiger partial charge < -0.3 is 14.2 Å². The Morgan fingerprint density at radius 2 is 1.86 bits per heavy atom. The van der Waals surface area contributed by atoms with Crippen molar-refractivity contribution in [2.45, 2.75) is 39.2 Å². The van der Waals surface area contributed by atoms with E-state index >= 15 is 0 Å². The van der Waals surface area contributed by atoms with Crippen LogP contribution in [0.15, 0.2) is 16.5 Å². The molecule has 1 aromatic heterocycles. The average molecular weight is 304 g/mol. The highest BCUT2D eigenvalue weighted by Gasteiger charge is 2.36. The molecular formula is C17H24N2O3. The van der Waals surface area contributed by atoms with E-state index in [1.807, 2.05) is 31.0 Å². The van der Waals surface area contributed by atoms with E-state index in [4.69, 9.17) is 4.42 Å². The number of nitrogens with zero attached hydrogens (tertiary/aromatic N) is 2. The summed E-state index contributed by atoms with van der Waals surface area (Å²) in [5, 5.41) is 0. The summed E-state index contributed by atoms with van der Waals surface area (Å²) in [6.45, 7) is 3.85. The van der Waals surface area contributed by atoms with E-state index in [1.165, 1.54) is 0 Å². The molecule has 1 aliphatic carbocycles. The minimum atomic E-state index is 0.0318. The van der Waals surface area contributed by atoms with E-state index < -0.39 is 0 Å². The number of piperidine rings is 1. The Bertz CT molecular complexity index is 554. The number of hydrogen-bond donors (Lipinski definition) is 0. The fraction of sp³-hybridized carbons (Fsp3) is 0.647. The van der Waals surface area contributed by atoms with Crippen molar-refractivity contribution in [1.82, 2.24) is 9.80 Å². The van der Waals surface area contributed by atoms with Crippen LogP contribution in [0.4, 0.5) is 0 Å². The molecule has 0 atom stereocenters. The molecule has 22 heavy (non-hydrogen) atoms. The maximum absolute atomic E-state index is 12.5. The summed E-state index contributed by atoms with van der Waals surface area (Å²) in [7, 11) is 1.82. The van der Waals surface area contributed by atoms with Crippen LogP contribution < -0.4 is 0 Å². The zero-order chi connectivity index (χ0) is 15.7. The molecule has 1 saturated heterocycles. The third kappa shape index (κ3) is 3.34. The Kier molecular flexibility index (Phi) is 4.23. The van der Waals surface area contributed by atoms with Gasteiger partial charge in [-0.1, -0.05) is 0 Å². The van der Waals surface area contributed by atoms with E-state index in [-0.39, 0.29) is 17.7 Å². The summed E-state index contributed by atoms with van der Waals surface area (Å²) in [5.74, 6) is 2.44. The number of carbonyl (C=O) groups excluding carboxylic acids is 2. The highest BCUT2D eigenvalue weighted by atomic mass is 16.3. The van der Waals surface area contributed by atoms with Crippen LogP contribution in [0.25, 0.3) is 0 Å². The van der Waals surface area contributed by atoms with Crippen LogP contribution in [-0.2, 0) is 16.1 Å². The summed E-state index contributed by atoms with van der Waals surface area (Å²) in [4.78, 5) is 28.2. The van der Waals surface area contributed by atoms with Crippen molar-refractivity contribution in [2.75, 3.05) is 20.1 Å². The zero-order valence-corrected chi connectivity index (χ0v) is 13.4. The van der Waals surface area contributed by atoms with Crippen molar-refractivity contribution in [1.29, 1.82) is 0 Å². The van der Waals surface area contributed by atoms with Crippen molar-refractivity contribution in [3.8, 4) is 0 Å². The van der Waals surface area contributed by atoms with Gasteiger partial charge in [-0.25, -0.2) is 0 Å². The molecule has 2 heterocycles. The van der Waals surface area contributed by atoms with E-state index in [0.717, 1.165) is 50.3 Å². The third-order valence-corrected chi connectivity index (χ3v) is 4.65. The molecule has 0 unspecified atom stereocenters. The molecule has 120 valence electrons. The summed E-state index contributed by atoms with van der Waals surface area (Å²) in [6.07, 6.45) is 3.64. The summed E-state index contributed by atoms with van der Waals surface area (Å²) in [6, 6.07) is 3.83. The molecule has 2 amide bonds. The molecule has 1 saturated carbocycles. The average Bonchev–Trinajstić information content (AvgIpc) is 3.29. The summed E-state index contributed by atoms with van der Waals surface area (Å²) < 4.78 is 5.53. The first-order valence-electron chi connectivity index (χ1n) is 8.13. The Hall–Kier alpha value is -1.78. The van der Waals surface area contributed by atoms with Gasteiger partial charge in [-0.2, -0.15) is 0 Å². The fourth-order valence-electron chi connectivity index (χ4n) is 3.13. The van der Waals surface area contributed by atoms with Gasteiger partial charge in [-0.15, -0.1) is 0 Å². The van der Waals surface area contributed by atoms with Crippen molar-refractivity contribution in [3.05, 3.63) is 23.7 Å². The van der Waals surface area contributed by atoms with Gasteiger partial charge in [-0.05, 0) is 44.7 Å². The first-order chi connectivity index (χ1) is 10.5. The lowest BCUT2D eigenvalue weighted by Crippen LogP contribution is -2.43. The van der Waals surface area contributed by atoms with Gasteiger partial charge in [-0.3, -0.25) is 9.59 Å². The number of carbonyl (C=O) groups is 2. The first kappa shape index (κ1) is 15.1. The van der Waals surface area contributed by atoms with Gasteiger partial charge in [0.25, 0.3) is 0 Å². The van der Waals surface area contributed by atoms with E-state index in [1.54, 1.807) is 4.90 Å². The molecule has 0 bridgehead atoms. The standard InChI is InChI=1S/C17H24N2O3/c1-12-3-6-15(22-12)11-18(2)16(20)14-7-9-19(10-8-14)17(21)13-4-5-13/h3,6,13-14H,4-5,7-11H2,1-2H3. The minimum absolute atomic E-state index is 0.0318. The quantitative estimate of drug-likeness (QED) is 0.857. The monoisotopic (exact) mass is 304 g/mol. The smallest absolute Gasteiger partial charge is 0.225 e. The van der Waals surface area contributed by atoms with Crippen molar-refractivity contribution >= 4 is 11.8 Å². The van der Waals surface area contributed by atoms with Crippen LogP contribution in [0, 0.1) is 18.8 Å². The molecule has 0 aromatic carbocycles. The highest BCUT2D eigenvalue weighted by molar-refractivity contribution is 5.82. The first-order valence-corrected chi connectivity index (χ1v) is 8.13. The van der Waals surface area contributed by atoms with Crippen LogP contribution >= 0.6 is 0 Å².